The zero-order valence-corrected chi connectivity index (χ0v) is 18.2. The van der Waals surface area contributed by atoms with E-state index in [0.717, 1.165) is 29.6 Å². The molecule has 0 amide bonds. The summed E-state index contributed by atoms with van der Waals surface area (Å²) in [6.45, 7) is 2.90. The molecule has 0 saturated heterocycles. The average Bonchev–Trinajstić information content (AvgIpc) is 3.49. The van der Waals surface area contributed by atoms with E-state index in [4.69, 9.17) is 8.94 Å². The zero-order valence-electron chi connectivity index (χ0n) is 17.4. The van der Waals surface area contributed by atoms with Crippen molar-refractivity contribution in [1.29, 1.82) is 0 Å². The van der Waals surface area contributed by atoms with Crippen molar-refractivity contribution < 1.29 is 8.94 Å². The van der Waals surface area contributed by atoms with Gasteiger partial charge < -0.3 is 13.5 Å². The van der Waals surface area contributed by atoms with Crippen LogP contribution < -0.4 is 0 Å². The second kappa shape index (κ2) is 9.32. The molecule has 1 unspecified atom stereocenters. The summed E-state index contributed by atoms with van der Waals surface area (Å²) in [6.07, 6.45) is 2.58. The fourth-order valence-electron chi connectivity index (χ4n) is 3.40. The maximum absolute atomic E-state index is 5.41. The van der Waals surface area contributed by atoms with Crippen molar-refractivity contribution in [3.05, 3.63) is 71.9 Å². The summed E-state index contributed by atoms with van der Waals surface area (Å²) in [5, 5.41) is 14.1. The normalized spacial score (nSPS) is 12.5. The molecule has 0 aliphatic heterocycles. The van der Waals surface area contributed by atoms with Crippen LogP contribution >= 0.6 is 11.8 Å². The van der Waals surface area contributed by atoms with Crippen LogP contribution in [-0.4, -0.2) is 38.9 Å². The molecule has 0 aliphatic rings. The fraction of sp³-hybridized carbons (Fsp3) is 0.318. The Hall–Kier alpha value is -2.84. The maximum Gasteiger partial charge on any atom is 0.202 e. The van der Waals surface area contributed by atoms with Crippen molar-refractivity contribution in [2.45, 2.75) is 36.8 Å². The first-order valence-electron chi connectivity index (χ1n) is 9.91. The zero-order chi connectivity index (χ0) is 20.9. The van der Waals surface area contributed by atoms with Gasteiger partial charge in [-0.25, -0.2) is 0 Å². The first kappa shape index (κ1) is 20.4. The van der Waals surface area contributed by atoms with E-state index in [-0.39, 0.29) is 6.04 Å². The van der Waals surface area contributed by atoms with Crippen LogP contribution in [0, 0.1) is 0 Å². The van der Waals surface area contributed by atoms with Gasteiger partial charge in [-0.1, -0.05) is 54.2 Å². The van der Waals surface area contributed by atoms with E-state index in [0.29, 0.717) is 17.3 Å². The molecule has 30 heavy (non-hydrogen) atoms. The molecule has 1 aromatic carbocycles. The highest BCUT2D eigenvalue weighted by Crippen LogP contribution is 2.29. The molecule has 156 valence electrons. The molecular weight excluding hydrogens is 398 g/mol. The molecule has 0 radical (unpaired) electrons. The smallest absolute Gasteiger partial charge is 0.202 e. The first-order valence-corrected chi connectivity index (χ1v) is 10.9. The number of thioether (sulfide) groups is 1. The van der Waals surface area contributed by atoms with Gasteiger partial charge in [0.2, 0.25) is 5.76 Å². The van der Waals surface area contributed by atoms with Crippen molar-refractivity contribution >= 4 is 11.8 Å². The summed E-state index contributed by atoms with van der Waals surface area (Å²) in [4.78, 5) is 2.19. The Morgan fingerprint density at radius 3 is 2.60 bits per heavy atom. The average molecular weight is 424 g/mol. The summed E-state index contributed by atoms with van der Waals surface area (Å²) in [5.41, 5.74) is 2.05. The molecule has 3 aromatic heterocycles. The van der Waals surface area contributed by atoms with Crippen LogP contribution in [0.2, 0.25) is 0 Å². The Kier molecular flexibility index (Phi) is 6.35. The second-order valence-electron chi connectivity index (χ2n) is 7.25. The maximum atomic E-state index is 5.41. The number of nitrogens with zero attached hydrogens (tertiary/aromatic N) is 5. The number of hydrogen-bond acceptors (Lipinski definition) is 7. The van der Waals surface area contributed by atoms with Crippen LogP contribution in [0.25, 0.3) is 11.5 Å². The van der Waals surface area contributed by atoms with Gasteiger partial charge in [0.15, 0.2) is 16.7 Å². The first-order chi connectivity index (χ1) is 14.7. The van der Waals surface area contributed by atoms with E-state index in [9.17, 15) is 0 Å². The lowest BCUT2D eigenvalue weighted by atomic mass is 10.2. The third-order valence-corrected chi connectivity index (χ3v) is 5.91. The van der Waals surface area contributed by atoms with Gasteiger partial charge >= 0.3 is 0 Å². The lowest BCUT2D eigenvalue weighted by Crippen LogP contribution is -2.23. The number of benzene rings is 1. The molecule has 1 atom stereocenters. The summed E-state index contributed by atoms with van der Waals surface area (Å²) in [5.74, 6) is 2.91. The van der Waals surface area contributed by atoms with Gasteiger partial charge in [-0.2, -0.15) is 0 Å². The van der Waals surface area contributed by atoms with E-state index >= 15 is 0 Å². The standard InChI is InChI=1S/C22H25N5O2S/c1-4-18(26(2)3)21-23-24-22(27(21)14-16-9-6-5-7-10-16)30-15-17-13-20(29-25-17)19-11-8-12-28-19/h5-13,18H,4,14-15H2,1-3H3. The second-order valence-corrected chi connectivity index (χ2v) is 8.19. The Balaban J connectivity index is 1.57. The van der Waals surface area contributed by atoms with Gasteiger partial charge in [0.05, 0.1) is 24.5 Å². The topological polar surface area (TPSA) is 73.1 Å². The third-order valence-electron chi connectivity index (χ3n) is 4.91. The van der Waals surface area contributed by atoms with Crippen LogP contribution in [0.4, 0.5) is 0 Å². The summed E-state index contributed by atoms with van der Waals surface area (Å²) in [7, 11) is 4.15. The molecule has 0 N–H and O–H groups in total. The fourth-order valence-corrected chi connectivity index (χ4v) is 4.23. The number of hydrogen-bond donors (Lipinski definition) is 0. The lowest BCUT2D eigenvalue weighted by molar-refractivity contribution is 0.272. The summed E-state index contributed by atoms with van der Waals surface area (Å²) in [6, 6.07) is 16.2. The lowest BCUT2D eigenvalue weighted by Gasteiger charge is -2.23. The van der Waals surface area contributed by atoms with Crippen LogP contribution in [0.5, 0.6) is 0 Å². The molecule has 0 saturated carbocycles. The molecule has 0 bridgehead atoms. The summed E-state index contributed by atoms with van der Waals surface area (Å²) >= 11 is 1.61. The van der Waals surface area contributed by atoms with E-state index in [1.807, 2.05) is 24.3 Å². The van der Waals surface area contributed by atoms with Crippen LogP contribution in [-0.2, 0) is 12.3 Å². The molecular formula is C22H25N5O2S. The van der Waals surface area contributed by atoms with Gasteiger partial charge in [0, 0.05) is 11.8 Å². The van der Waals surface area contributed by atoms with E-state index < -0.39 is 0 Å². The van der Waals surface area contributed by atoms with Crippen molar-refractivity contribution in [3.8, 4) is 11.5 Å². The summed E-state index contributed by atoms with van der Waals surface area (Å²) < 4.78 is 13.0. The largest absolute Gasteiger partial charge is 0.461 e. The predicted octanol–water partition coefficient (Wildman–Crippen LogP) is 4.88. The molecule has 0 aliphatic carbocycles. The van der Waals surface area contributed by atoms with Crippen molar-refractivity contribution in [3.63, 3.8) is 0 Å². The highest BCUT2D eigenvalue weighted by Gasteiger charge is 2.22. The Morgan fingerprint density at radius 2 is 1.90 bits per heavy atom. The molecule has 0 fully saturated rings. The Labute approximate surface area is 180 Å². The van der Waals surface area contributed by atoms with Crippen LogP contribution in [0.3, 0.4) is 0 Å². The highest BCUT2D eigenvalue weighted by molar-refractivity contribution is 7.98. The Bertz CT molecular complexity index is 1060. The minimum absolute atomic E-state index is 0.202. The quantitative estimate of drug-likeness (QED) is 0.355. The monoisotopic (exact) mass is 423 g/mol. The minimum Gasteiger partial charge on any atom is -0.461 e. The molecule has 4 aromatic rings. The minimum atomic E-state index is 0.202. The van der Waals surface area contributed by atoms with Crippen LogP contribution in [0.15, 0.2) is 68.9 Å². The predicted molar refractivity (Wildman–Crippen MR) is 116 cm³/mol. The molecule has 8 heteroatoms. The van der Waals surface area contributed by atoms with Crippen molar-refractivity contribution in [2.75, 3.05) is 14.1 Å². The molecule has 3 heterocycles. The van der Waals surface area contributed by atoms with E-state index in [2.05, 4.69) is 70.1 Å². The van der Waals surface area contributed by atoms with Crippen LogP contribution in [0.1, 0.15) is 36.5 Å². The number of aromatic nitrogens is 4. The van der Waals surface area contributed by atoms with Gasteiger partial charge in [-0.15, -0.1) is 10.2 Å². The van der Waals surface area contributed by atoms with Gasteiger partial charge in [-0.05, 0) is 38.2 Å². The molecule has 0 spiro atoms. The molecule has 7 nitrogen and oxygen atoms in total. The van der Waals surface area contributed by atoms with E-state index in [1.54, 1.807) is 18.0 Å². The van der Waals surface area contributed by atoms with Gasteiger partial charge in [0.25, 0.3) is 0 Å². The SMILES string of the molecule is CCC(c1nnc(SCc2cc(-c3ccco3)on2)n1Cc1ccccc1)N(C)C. The molecule has 4 rings (SSSR count). The van der Waals surface area contributed by atoms with Crippen molar-refractivity contribution in [2.24, 2.45) is 0 Å². The van der Waals surface area contributed by atoms with Gasteiger partial charge in [0.1, 0.15) is 0 Å². The van der Waals surface area contributed by atoms with Crippen molar-refractivity contribution in [1.82, 2.24) is 24.8 Å². The third kappa shape index (κ3) is 4.49. The number of furan rings is 1. The Morgan fingerprint density at radius 1 is 1.07 bits per heavy atom. The highest BCUT2D eigenvalue weighted by atomic mass is 32.2. The van der Waals surface area contributed by atoms with Gasteiger partial charge in [-0.3, -0.25) is 4.90 Å². The number of rotatable bonds is 9. The van der Waals surface area contributed by atoms with E-state index in [1.165, 1.54) is 5.56 Å².